The first-order valence-electron chi connectivity index (χ1n) is 6.87. The summed E-state index contributed by atoms with van der Waals surface area (Å²) in [5.74, 6) is 1.63. The van der Waals surface area contributed by atoms with E-state index in [0.29, 0.717) is 5.95 Å². The maximum atomic E-state index is 4.65. The molecule has 0 saturated carbocycles. The Bertz CT molecular complexity index is 725. The van der Waals surface area contributed by atoms with E-state index in [0.717, 1.165) is 34.7 Å². The molecule has 0 bridgehead atoms. The van der Waals surface area contributed by atoms with Crippen LogP contribution in [0.25, 0.3) is 10.2 Å². The molecule has 1 N–H and O–H groups in total. The van der Waals surface area contributed by atoms with Gasteiger partial charge in [0.15, 0.2) is 0 Å². The van der Waals surface area contributed by atoms with Gasteiger partial charge < -0.3 is 10.2 Å². The molecule has 3 heterocycles. The summed E-state index contributed by atoms with van der Waals surface area (Å²) in [6.45, 7) is 3.62. The molecule has 0 saturated heterocycles. The van der Waals surface area contributed by atoms with Gasteiger partial charge >= 0.3 is 0 Å². The lowest BCUT2D eigenvalue weighted by molar-refractivity contribution is 0.894. The van der Waals surface area contributed by atoms with Crippen LogP contribution in [-0.2, 0) is 6.54 Å². The lowest BCUT2D eigenvalue weighted by Crippen LogP contribution is -2.19. The van der Waals surface area contributed by atoms with Crippen molar-refractivity contribution in [2.45, 2.75) is 13.5 Å². The molecule has 3 aromatic heterocycles. The largest absolute Gasteiger partial charge is 0.355 e. The van der Waals surface area contributed by atoms with Crippen molar-refractivity contribution in [1.29, 1.82) is 0 Å². The highest BCUT2D eigenvalue weighted by atomic mass is 32.1. The molecule has 0 radical (unpaired) electrons. The predicted octanol–water partition coefficient (Wildman–Crippen LogP) is 3.15. The third-order valence-electron chi connectivity index (χ3n) is 3.14. The van der Waals surface area contributed by atoms with Gasteiger partial charge in [-0.3, -0.25) is 4.98 Å². The number of hydrogen-bond acceptors (Lipinski definition) is 6. The molecule has 6 heteroatoms. The molecule has 0 fully saturated rings. The first kappa shape index (κ1) is 13.8. The van der Waals surface area contributed by atoms with Gasteiger partial charge in [0.25, 0.3) is 0 Å². The molecule has 3 aromatic rings. The summed E-state index contributed by atoms with van der Waals surface area (Å²) >= 11 is 1.64. The van der Waals surface area contributed by atoms with Gasteiger partial charge in [0.1, 0.15) is 10.6 Å². The van der Waals surface area contributed by atoms with Crippen LogP contribution in [0.15, 0.2) is 36.0 Å². The van der Waals surface area contributed by atoms with E-state index in [1.807, 2.05) is 26.2 Å². The highest BCUT2D eigenvalue weighted by Crippen LogP contribution is 2.29. The second kappa shape index (κ2) is 6.05. The Kier molecular flexibility index (Phi) is 3.96. The van der Waals surface area contributed by atoms with Gasteiger partial charge in [-0.2, -0.15) is 4.98 Å². The Hall–Kier alpha value is -2.21. The SMILES string of the molecule is CCNc1nc(N(C)Cc2cccnc2)c2ccsc2n1. The zero-order valence-electron chi connectivity index (χ0n) is 12.1. The molecule has 0 aliphatic heterocycles. The van der Waals surface area contributed by atoms with Crippen molar-refractivity contribution in [3.63, 3.8) is 0 Å². The minimum absolute atomic E-state index is 0.681. The number of hydrogen-bond donors (Lipinski definition) is 1. The summed E-state index contributed by atoms with van der Waals surface area (Å²) in [4.78, 5) is 16.5. The molecule has 0 atom stereocenters. The average molecular weight is 299 g/mol. The summed E-state index contributed by atoms with van der Waals surface area (Å²) in [6, 6.07) is 6.10. The van der Waals surface area contributed by atoms with Crippen LogP contribution in [0.2, 0.25) is 0 Å². The fraction of sp³-hybridized carbons (Fsp3) is 0.267. The van der Waals surface area contributed by atoms with E-state index in [1.165, 1.54) is 0 Å². The number of rotatable bonds is 5. The number of nitrogens with zero attached hydrogens (tertiary/aromatic N) is 4. The lowest BCUT2D eigenvalue weighted by Gasteiger charge is -2.19. The van der Waals surface area contributed by atoms with E-state index in [9.17, 15) is 0 Å². The molecule has 0 spiro atoms. The summed E-state index contributed by atoms with van der Waals surface area (Å²) in [7, 11) is 2.04. The van der Waals surface area contributed by atoms with Crippen molar-refractivity contribution in [3.8, 4) is 0 Å². The normalized spacial score (nSPS) is 10.8. The molecule has 0 aliphatic rings. The number of nitrogens with one attached hydrogen (secondary N) is 1. The number of fused-ring (bicyclic) bond motifs is 1. The number of aromatic nitrogens is 3. The lowest BCUT2D eigenvalue weighted by atomic mass is 10.2. The summed E-state index contributed by atoms with van der Waals surface area (Å²) in [5, 5.41) is 6.34. The van der Waals surface area contributed by atoms with E-state index in [2.05, 4.69) is 42.7 Å². The Labute approximate surface area is 127 Å². The fourth-order valence-corrected chi connectivity index (χ4v) is 2.97. The zero-order valence-corrected chi connectivity index (χ0v) is 12.9. The summed E-state index contributed by atoms with van der Waals surface area (Å²) in [5.41, 5.74) is 1.16. The smallest absolute Gasteiger partial charge is 0.226 e. The highest BCUT2D eigenvalue weighted by molar-refractivity contribution is 7.16. The van der Waals surface area contributed by atoms with Gasteiger partial charge in [-0.25, -0.2) is 4.98 Å². The maximum absolute atomic E-state index is 4.65. The van der Waals surface area contributed by atoms with E-state index in [-0.39, 0.29) is 0 Å². The molecule has 3 rings (SSSR count). The zero-order chi connectivity index (χ0) is 14.7. The Balaban J connectivity index is 1.96. The fourth-order valence-electron chi connectivity index (χ4n) is 2.21. The van der Waals surface area contributed by atoms with E-state index < -0.39 is 0 Å². The standard InChI is InChI=1S/C15H17N5S/c1-3-17-15-18-13(12-6-8-21-14(12)19-15)20(2)10-11-5-4-7-16-9-11/h4-9H,3,10H2,1-2H3,(H,17,18,19). The minimum atomic E-state index is 0.681. The summed E-state index contributed by atoms with van der Waals surface area (Å²) in [6.07, 6.45) is 3.67. The van der Waals surface area contributed by atoms with Crippen molar-refractivity contribution >= 4 is 33.3 Å². The Morgan fingerprint density at radius 3 is 2.95 bits per heavy atom. The van der Waals surface area contributed by atoms with Crippen LogP contribution in [0.3, 0.4) is 0 Å². The maximum Gasteiger partial charge on any atom is 0.226 e. The van der Waals surface area contributed by atoms with Gasteiger partial charge in [-0.05, 0) is 30.0 Å². The molecule has 5 nitrogen and oxygen atoms in total. The van der Waals surface area contributed by atoms with E-state index in [1.54, 1.807) is 17.5 Å². The number of anilines is 2. The second-order valence-electron chi connectivity index (χ2n) is 4.76. The van der Waals surface area contributed by atoms with E-state index in [4.69, 9.17) is 0 Å². The van der Waals surface area contributed by atoms with Gasteiger partial charge in [0.2, 0.25) is 5.95 Å². The van der Waals surface area contributed by atoms with Crippen LogP contribution >= 0.6 is 11.3 Å². The third kappa shape index (κ3) is 2.95. The molecule has 0 aliphatic carbocycles. The third-order valence-corrected chi connectivity index (χ3v) is 3.95. The van der Waals surface area contributed by atoms with Crippen LogP contribution in [0.5, 0.6) is 0 Å². The molecule has 0 unspecified atom stereocenters. The molecule has 21 heavy (non-hydrogen) atoms. The van der Waals surface area contributed by atoms with Gasteiger partial charge in [-0.1, -0.05) is 6.07 Å². The van der Waals surface area contributed by atoms with E-state index >= 15 is 0 Å². The second-order valence-corrected chi connectivity index (χ2v) is 5.65. The van der Waals surface area contributed by atoms with Crippen LogP contribution in [0.1, 0.15) is 12.5 Å². The molecule has 0 aromatic carbocycles. The Morgan fingerprint density at radius 1 is 1.29 bits per heavy atom. The topological polar surface area (TPSA) is 53.9 Å². The number of thiophene rings is 1. The van der Waals surface area contributed by atoms with Crippen molar-refractivity contribution in [1.82, 2.24) is 15.0 Å². The van der Waals surface area contributed by atoms with Crippen molar-refractivity contribution in [2.24, 2.45) is 0 Å². The molecular weight excluding hydrogens is 282 g/mol. The van der Waals surface area contributed by atoms with Crippen LogP contribution in [0, 0.1) is 0 Å². The Morgan fingerprint density at radius 2 is 2.19 bits per heavy atom. The van der Waals surface area contributed by atoms with Crippen molar-refractivity contribution < 1.29 is 0 Å². The molecule has 108 valence electrons. The molecular formula is C15H17N5S. The highest BCUT2D eigenvalue weighted by Gasteiger charge is 2.12. The average Bonchev–Trinajstić information content (AvgIpc) is 2.96. The first-order chi connectivity index (χ1) is 10.3. The monoisotopic (exact) mass is 299 g/mol. The quantitative estimate of drug-likeness (QED) is 0.784. The predicted molar refractivity (Wildman–Crippen MR) is 87.9 cm³/mol. The first-order valence-corrected chi connectivity index (χ1v) is 7.75. The van der Waals surface area contributed by atoms with Crippen molar-refractivity contribution in [2.75, 3.05) is 23.8 Å². The van der Waals surface area contributed by atoms with Crippen molar-refractivity contribution in [3.05, 3.63) is 41.5 Å². The minimum Gasteiger partial charge on any atom is -0.355 e. The molecule has 0 amide bonds. The summed E-state index contributed by atoms with van der Waals surface area (Å²) < 4.78 is 0. The van der Waals surface area contributed by atoms with Crippen LogP contribution < -0.4 is 10.2 Å². The van der Waals surface area contributed by atoms with Gasteiger partial charge in [0, 0.05) is 32.5 Å². The van der Waals surface area contributed by atoms with Gasteiger partial charge in [0.05, 0.1) is 5.39 Å². The van der Waals surface area contributed by atoms with Crippen LogP contribution in [-0.4, -0.2) is 28.5 Å². The number of pyridine rings is 1. The van der Waals surface area contributed by atoms with Gasteiger partial charge in [-0.15, -0.1) is 11.3 Å². The van der Waals surface area contributed by atoms with Crippen LogP contribution in [0.4, 0.5) is 11.8 Å².